The van der Waals surface area contributed by atoms with Crippen LogP contribution in [0.3, 0.4) is 0 Å². The van der Waals surface area contributed by atoms with Gasteiger partial charge in [-0.1, -0.05) is 30.3 Å². The van der Waals surface area contributed by atoms with Gasteiger partial charge < -0.3 is 0 Å². The topological polar surface area (TPSA) is 0 Å². The Bertz CT molecular complexity index is 303. The molecule has 1 rings (SSSR count). The fourth-order valence-corrected chi connectivity index (χ4v) is 2.09. The second kappa shape index (κ2) is 2.33. The molecule has 13 heavy (non-hydrogen) atoms. The van der Waals surface area contributed by atoms with Crippen molar-refractivity contribution in [2.75, 3.05) is 0 Å². The molecule has 0 nitrogen and oxygen atoms in total. The van der Waals surface area contributed by atoms with Gasteiger partial charge in [-0.2, -0.15) is 0 Å². The van der Waals surface area contributed by atoms with Crippen molar-refractivity contribution >= 4 is 19.7 Å². The summed E-state index contributed by atoms with van der Waals surface area (Å²) in [5.41, 5.74) is -0.172. The summed E-state index contributed by atoms with van der Waals surface area (Å²) in [6, 6.07) is 6.71. The van der Waals surface area contributed by atoms with Crippen molar-refractivity contribution < 1.29 is 15.5 Å². The van der Waals surface area contributed by atoms with Crippen molar-refractivity contribution in [3.05, 3.63) is 35.9 Å². The van der Waals surface area contributed by atoms with Gasteiger partial charge in [0.25, 0.3) is 0 Å². The highest BCUT2D eigenvalue weighted by atomic mass is 35.7. The van der Waals surface area contributed by atoms with Gasteiger partial charge in [0.1, 0.15) is 0 Å². The third-order valence-electron chi connectivity index (χ3n) is 1.28. The van der Waals surface area contributed by atoms with Crippen LogP contribution in [-0.2, 0) is 5.75 Å². The molecule has 0 N–H and O–H groups in total. The predicted molar refractivity (Wildman–Crippen MR) is 48.0 cm³/mol. The summed E-state index contributed by atoms with van der Waals surface area (Å²) in [5, 5.41) is 0. The van der Waals surface area contributed by atoms with Gasteiger partial charge in [0.05, 0.1) is 5.75 Å². The van der Waals surface area contributed by atoms with Crippen LogP contribution in [0.1, 0.15) is 5.56 Å². The van der Waals surface area contributed by atoms with Crippen molar-refractivity contribution in [1.82, 2.24) is 0 Å². The van der Waals surface area contributed by atoms with Crippen LogP contribution in [0.4, 0.5) is 15.5 Å². The zero-order valence-corrected chi connectivity index (χ0v) is 7.96. The number of hydrogen-bond acceptors (Lipinski definition) is 0. The van der Waals surface area contributed by atoms with E-state index in [9.17, 15) is 15.5 Å². The summed E-state index contributed by atoms with van der Waals surface area (Å²) in [6.45, 7) is 0. The maximum absolute atomic E-state index is 12.3. The van der Waals surface area contributed by atoms with Crippen molar-refractivity contribution in [2.45, 2.75) is 5.75 Å². The average Bonchev–Trinajstić information content (AvgIpc) is 1.82. The lowest BCUT2D eigenvalue weighted by atomic mass is 10.2. The van der Waals surface area contributed by atoms with Crippen LogP contribution in [0.15, 0.2) is 30.3 Å². The Hall–Kier alpha value is -0.420. The molecule has 0 bridgehead atoms. The molecular weight excluding hydrogens is 228 g/mol. The Kier molecular flexibility index (Phi) is 1.91. The molecule has 0 amide bonds. The zero-order chi connectivity index (χ0) is 10.2. The Balaban J connectivity index is 2.96. The van der Waals surface area contributed by atoms with Crippen molar-refractivity contribution in [2.24, 2.45) is 0 Å². The van der Waals surface area contributed by atoms with E-state index in [1.165, 1.54) is 24.3 Å². The van der Waals surface area contributed by atoms with Crippen molar-refractivity contribution in [1.29, 1.82) is 0 Å². The number of benzene rings is 1. The minimum Gasteiger partial charge on any atom is -0.111 e. The first-order chi connectivity index (χ1) is 5.55. The lowest BCUT2D eigenvalue weighted by molar-refractivity contribution is 0.478. The maximum atomic E-state index is 12.3. The Morgan fingerprint density at radius 2 is 1.46 bits per heavy atom. The fraction of sp³-hybridized carbons (Fsp3) is 0.143. The first-order valence-electron chi connectivity index (χ1n) is 3.32. The summed E-state index contributed by atoms with van der Waals surface area (Å²) in [5.74, 6) is -1.69. The van der Waals surface area contributed by atoms with Crippen molar-refractivity contribution in [3.8, 4) is 0 Å². The first kappa shape index (κ1) is 10.7. The predicted octanol–water partition coefficient (Wildman–Crippen LogP) is 4.75. The maximum Gasteiger partial charge on any atom is 0.233 e. The van der Waals surface area contributed by atoms with Gasteiger partial charge in [0, 0.05) is 10.7 Å². The van der Waals surface area contributed by atoms with E-state index in [4.69, 9.17) is 0 Å². The van der Waals surface area contributed by atoms with E-state index in [0.29, 0.717) is 0 Å². The molecular formula is C7H7ClF4S. The summed E-state index contributed by atoms with van der Waals surface area (Å²) in [7, 11) is -4.29. The van der Waals surface area contributed by atoms with Gasteiger partial charge in [-0.25, -0.2) is 0 Å². The third-order valence-corrected chi connectivity index (χ3v) is 2.49. The van der Waals surface area contributed by atoms with Crippen molar-refractivity contribution in [3.63, 3.8) is 0 Å². The van der Waals surface area contributed by atoms with E-state index in [2.05, 4.69) is 10.7 Å². The standard InChI is InChI=1S/C7H7ClF4S/c8-13(9,10,11,12)6-7-4-2-1-3-5-7/h1-5H,6H2. The van der Waals surface area contributed by atoms with Gasteiger partial charge in [-0.15, -0.1) is 15.5 Å². The second-order valence-electron chi connectivity index (χ2n) is 2.76. The van der Waals surface area contributed by atoms with E-state index in [1.54, 1.807) is 6.07 Å². The highest BCUT2D eigenvalue weighted by Crippen LogP contribution is 3.01. The van der Waals surface area contributed by atoms with E-state index in [1.807, 2.05) is 0 Å². The largest absolute Gasteiger partial charge is 0.233 e. The fourth-order valence-electron chi connectivity index (χ4n) is 0.889. The molecule has 1 aromatic rings. The minimum absolute atomic E-state index is 0.172. The Labute approximate surface area is 77.4 Å². The van der Waals surface area contributed by atoms with E-state index >= 15 is 0 Å². The van der Waals surface area contributed by atoms with Gasteiger partial charge >= 0.3 is 0 Å². The molecule has 0 aliphatic carbocycles. The molecule has 0 fully saturated rings. The van der Waals surface area contributed by atoms with Crippen LogP contribution in [0.2, 0.25) is 0 Å². The molecule has 0 aliphatic rings. The third kappa shape index (κ3) is 5.00. The highest BCUT2D eigenvalue weighted by molar-refractivity contribution is 8.65. The van der Waals surface area contributed by atoms with Crippen LogP contribution >= 0.6 is 19.7 Å². The first-order valence-corrected chi connectivity index (χ1v) is 6.37. The van der Waals surface area contributed by atoms with E-state index in [0.717, 1.165) is 0 Å². The van der Waals surface area contributed by atoms with Gasteiger partial charge in [0.15, 0.2) is 0 Å². The summed E-state index contributed by atoms with van der Waals surface area (Å²) in [6.07, 6.45) is 0. The quantitative estimate of drug-likeness (QED) is 0.648. The average molecular weight is 235 g/mol. The lowest BCUT2D eigenvalue weighted by Gasteiger charge is -2.42. The van der Waals surface area contributed by atoms with Crippen LogP contribution in [0.25, 0.3) is 0 Å². The van der Waals surface area contributed by atoms with Crippen LogP contribution in [-0.4, -0.2) is 0 Å². The molecule has 0 atom stereocenters. The summed E-state index contributed by atoms with van der Waals surface area (Å²) >= 11 is 0. The molecule has 76 valence electrons. The molecule has 0 aliphatic heterocycles. The SMILES string of the molecule is FS(F)(F)(F)(Cl)Cc1ccccc1. The van der Waals surface area contributed by atoms with Crippen LogP contribution in [0.5, 0.6) is 0 Å². The Morgan fingerprint density at radius 3 is 1.85 bits per heavy atom. The van der Waals surface area contributed by atoms with E-state index < -0.39 is 14.8 Å². The van der Waals surface area contributed by atoms with Gasteiger partial charge in [-0.05, 0) is 5.56 Å². The summed E-state index contributed by atoms with van der Waals surface area (Å²) in [4.78, 5) is 0. The van der Waals surface area contributed by atoms with Gasteiger partial charge in [-0.3, -0.25) is 0 Å². The molecule has 0 saturated heterocycles. The molecule has 0 aromatic heterocycles. The normalized spacial score (nSPS) is 17.6. The molecule has 0 spiro atoms. The minimum atomic E-state index is -8.32. The summed E-state index contributed by atoms with van der Waals surface area (Å²) < 4.78 is 49.3. The van der Waals surface area contributed by atoms with Crippen LogP contribution in [0, 0.1) is 0 Å². The lowest BCUT2D eigenvalue weighted by Crippen LogP contribution is -2.07. The van der Waals surface area contributed by atoms with E-state index in [-0.39, 0.29) is 5.56 Å². The molecule has 0 unspecified atom stereocenters. The number of hydrogen-bond donors (Lipinski definition) is 0. The molecule has 0 saturated carbocycles. The smallest absolute Gasteiger partial charge is 0.111 e. The zero-order valence-electron chi connectivity index (χ0n) is 6.39. The van der Waals surface area contributed by atoms with Crippen LogP contribution < -0.4 is 0 Å². The highest BCUT2D eigenvalue weighted by Gasteiger charge is 2.60. The molecule has 0 radical (unpaired) electrons. The molecule has 0 heterocycles. The monoisotopic (exact) mass is 234 g/mol. The molecule has 1 aromatic carbocycles. The number of halogens is 5. The second-order valence-corrected chi connectivity index (χ2v) is 7.36. The number of rotatable bonds is 2. The molecule has 6 heteroatoms. The Morgan fingerprint density at radius 1 is 1.00 bits per heavy atom. The van der Waals surface area contributed by atoms with Gasteiger partial charge in [0.2, 0.25) is 9.05 Å².